The van der Waals surface area contributed by atoms with Crippen molar-refractivity contribution in [3.8, 4) is 12.1 Å². The van der Waals surface area contributed by atoms with Gasteiger partial charge in [0.1, 0.15) is 17.0 Å². The SMILES string of the molecule is Cc1cc(S(F)(F)(F)(F)F)cc(C#N)c1C#N. The molecule has 1 aromatic carbocycles. The third kappa shape index (κ3) is 2.66. The Morgan fingerprint density at radius 2 is 1.53 bits per heavy atom. The van der Waals surface area contributed by atoms with E-state index in [4.69, 9.17) is 10.5 Å². The van der Waals surface area contributed by atoms with Gasteiger partial charge in [0, 0.05) is 0 Å². The Morgan fingerprint density at radius 1 is 1.00 bits per heavy atom. The van der Waals surface area contributed by atoms with Gasteiger partial charge in [-0.15, -0.1) is 0 Å². The van der Waals surface area contributed by atoms with Crippen LogP contribution in [0.3, 0.4) is 0 Å². The van der Waals surface area contributed by atoms with Gasteiger partial charge in [-0.05, 0) is 24.6 Å². The van der Waals surface area contributed by atoms with Crippen molar-refractivity contribution in [2.75, 3.05) is 0 Å². The maximum Gasteiger partial charge on any atom is 0.310 e. The van der Waals surface area contributed by atoms with Gasteiger partial charge in [-0.25, -0.2) is 0 Å². The minimum atomic E-state index is -9.81. The van der Waals surface area contributed by atoms with Gasteiger partial charge in [-0.3, -0.25) is 0 Å². The first kappa shape index (κ1) is 13.3. The highest BCUT2D eigenvalue weighted by Crippen LogP contribution is 3.02. The van der Waals surface area contributed by atoms with E-state index in [-0.39, 0.29) is 23.3 Å². The van der Waals surface area contributed by atoms with Crippen LogP contribution in [0.15, 0.2) is 17.0 Å². The number of hydrogen-bond donors (Lipinski definition) is 0. The number of halogens is 5. The highest BCUT2D eigenvalue weighted by Gasteiger charge is 2.65. The number of benzene rings is 1. The van der Waals surface area contributed by atoms with Crippen molar-refractivity contribution in [1.29, 1.82) is 10.5 Å². The molecule has 0 fully saturated rings. The van der Waals surface area contributed by atoms with E-state index in [1.165, 1.54) is 12.1 Å². The van der Waals surface area contributed by atoms with E-state index < -0.39 is 20.7 Å². The highest BCUT2D eigenvalue weighted by molar-refractivity contribution is 8.45. The Morgan fingerprint density at radius 3 is 1.88 bits per heavy atom. The number of hydrogen-bond acceptors (Lipinski definition) is 2. The Bertz CT molecular complexity index is 576. The maximum absolute atomic E-state index is 12.5. The summed E-state index contributed by atoms with van der Waals surface area (Å²) < 4.78 is 62.4. The molecule has 0 saturated heterocycles. The van der Waals surface area contributed by atoms with Crippen LogP contribution in [-0.4, -0.2) is 0 Å². The molecule has 0 atom stereocenters. The second-order valence-electron chi connectivity index (χ2n) is 3.36. The fraction of sp³-hybridized carbons (Fsp3) is 0.111. The summed E-state index contributed by atoms with van der Waals surface area (Å²) in [4.78, 5) is -2.15. The van der Waals surface area contributed by atoms with Crippen LogP contribution in [-0.2, 0) is 0 Å². The fourth-order valence-electron chi connectivity index (χ4n) is 1.21. The van der Waals surface area contributed by atoms with Crippen molar-refractivity contribution >= 4 is 10.2 Å². The molecular weight excluding hydrogens is 263 g/mol. The van der Waals surface area contributed by atoms with Crippen LogP contribution in [0.2, 0.25) is 0 Å². The molecule has 1 rings (SSSR count). The van der Waals surface area contributed by atoms with Gasteiger partial charge < -0.3 is 0 Å². The average Bonchev–Trinajstić information content (AvgIpc) is 2.12. The zero-order chi connectivity index (χ0) is 13.5. The first-order valence-corrected chi connectivity index (χ1v) is 6.03. The lowest BCUT2D eigenvalue weighted by Crippen LogP contribution is -2.07. The second-order valence-corrected chi connectivity index (χ2v) is 5.76. The molecule has 1 aromatic rings. The normalized spacial score (nSPS) is 15.3. The summed E-state index contributed by atoms with van der Waals surface area (Å²) in [6.45, 7) is 1.06. The molecule has 2 nitrogen and oxygen atoms in total. The fourth-order valence-corrected chi connectivity index (χ4v) is 1.95. The maximum atomic E-state index is 12.5. The Labute approximate surface area is 93.6 Å². The molecule has 0 bridgehead atoms. The molecule has 17 heavy (non-hydrogen) atoms. The van der Waals surface area contributed by atoms with E-state index >= 15 is 0 Å². The minimum Gasteiger partial charge on any atom is -0.192 e. The summed E-state index contributed by atoms with van der Waals surface area (Å²) >= 11 is 0. The smallest absolute Gasteiger partial charge is 0.192 e. The van der Waals surface area contributed by atoms with Crippen molar-refractivity contribution in [3.63, 3.8) is 0 Å². The van der Waals surface area contributed by atoms with Crippen LogP contribution >= 0.6 is 10.2 Å². The average molecular weight is 268 g/mol. The zero-order valence-electron chi connectivity index (χ0n) is 8.35. The molecule has 8 heteroatoms. The Balaban J connectivity index is 3.73. The number of nitriles is 2. The molecule has 0 aliphatic carbocycles. The second kappa shape index (κ2) is 2.90. The predicted molar refractivity (Wildman–Crippen MR) is 52.0 cm³/mol. The van der Waals surface area contributed by atoms with Gasteiger partial charge >= 0.3 is 10.2 Å². The van der Waals surface area contributed by atoms with Crippen LogP contribution in [0.1, 0.15) is 16.7 Å². The molecule has 92 valence electrons. The highest BCUT2D eigenvalue weighted by atomic mass is 32.5. The lowest BCUT2D eigenvalue weighted by atomic mass is 10.0. The summed E-state index contributed by atoms with van der Waals surface area (Å²) in [7, 11) is -9.81. The molecule has 0 saturated carbocycles. The van der Waals surface area contributed by atoms with Gasteiger partial charge in [0.05, 0.1) is 11.1 Å². The molecule has 0 aliphatic rings. The number of nitrogens with zero attached hydrogens (tertiary/aromatic N) is 2. The van der Waals surface area contributed by atoms with Gasteiger partial charge in [-0.1, -0.05) is 19.4 Å². The molecule has 0 N–H and O–H groups in total. The summed E-state index contributed by atoms with van der Waals surface area (Å²) in [6, 6.07) is 2.98. The van der Waals surface area contributed by atoms with E-state index in [2.05, 4.69) is 0 Å². The predicted octanol–water partition coefficient (Wildman–Crippen LogP) is 4.40. The van der Waals surface area contributed by atoms with E-state index in [1.54, 1.807) is 0 Å². The Kier molecular flexibility index (Phi) is 2.26. The van der Waals surface area contributed by atoms with Crippen molar-refractivity contribution in [3.05, 3.63) is 28.8 Å². The first-order valence-electron chi connectivity index (χ1n) is 4.08. The van der Waals surface area contributed by atoms with E-state index in [0.29, 0.717) is 0 Å². The lowest BCUT2D eigenvalue weighted by molar-refractivity contribution is 0.364. The van der Waals surface area contributed by atoms with E-state index in [1.807, 2.05) is 0 Å². The summed E-state index contributed by atoms with van der Waals surface area (Å²) in [5.41, 5.74) is -1.36. The molecule has 0 radical (unpaired) electrons. The standard InChI is InChI=1S/C9H5F5N2S/c1-6-2-8(17(10,11,12,13)14)3-7(4-15)9(6)5-16/h2-3H,1H3. The topological polar surface area (TPSA) is 47.6 Å². The van der Waals surface area contributed by atoms with Crippen LogP contribution in [0, 0.1) is 29.6 Å². The molecule has 0 aromatic heterocycles. The van der Waals surface area contributed by atoms with E-state index in [9.17, 15) is 19.4 Å². The molecular formula is C9H5F5N2S. The number of rotatable bonds is 1. The number of aryl methyl sites for hydroxylation is 1. The van der Waals surface area contributed by atoms with Gasteiger partial charge in [-0.2, -0.15) is 10.5 Å². The van der Waals surface area contributed by atoms with Gasteiger partial charge in [0.2, 0.25) is 0 Å². The lowest BCUT2D eigenvalue weighted by Gasteiger charge is -2.40. The van der Waals surface area contributed by atoms with Crippen LogP contribution in [0.4, 0.5) is 19.4 Å². The molecule has 0 unspecified atom stereocenters. The van der Waals surface area contributed by atoms with Crippen molar-refractivity contribution in [2.45, 2.75) is 11.8 Å². The minimum absolute atomic E-state index is 0.00705. The monoisotopic (exact) mass is 268 g/mol. The molecule has 0 spiro atoms. The third-order valence-electron chi connectivity index (χ3n) is 1.99. The Hall–Kier alpha value is -1.80. The summed E-state index contributed by atoms with van der Waals surface area (Å²) in [5, 5.41) is 17.1. The largest absolute Gasteiger partial charge is 0.310 e. The van der Waals surface area contributed by atoms with Gasteiger partial charge in [0.25, 0.3) is 0 Å². The van der Waals surface area contributed by atoms with Crippen LogP contribution in [0.5, 0.6) is 0 Å². The molecule has 0 heterocycles. The van der Waals surface area contributed by atoms with Crippen LogP contribution in [0.25, 0.3) is 0 Å². The molecule has 0 amide bonds. The van der Waals surface area contributed by atoms with Crippen molar-refractivity contribution in [1.82, 2.24) is 0 Å². The summed E-state index contributed by atoms with van der Waals surface area (Å²) in [5.74, 6) is 0. The first-order chi connectivity index (χ1) is 7.38. The van der Waals surface area contributed by atoms with E-state index in [0.717, 1.165) is 6.92 Å². The molecule has 0 aliphatic heterocycles. The van der Waals surface area contributed by atoms with Gasteiger partial charge in [0.15, 0.2) is 0 Å². The zero-order valence-corrected chi connectivity index (χ0v) is 9.16. The van der Waals surface area contributed by atoms with Crippen LogP contribution < -0.4 is 0 Å². The third-order valence-corrected chi connectivity index (χ3v) is 3.11. The summed E-state index contributed by atoms with van der Waals surface area (Å²) in [6.07, 6.45) is 0. The van der Waals surface area contributed by atoms with Crippen molar-refractivity contribution in [2.24, 2.45) is 0 Å². The quantitative estimate of drug-likeness (QED) is 0.709. The van der Waals surface area contributed by atoms with Crippen molar-refractivity contribution < 1.29 is 19.4 Å².